The summed E-state index contributed by atoms with van der Waals surface area (Å²) in [5, 5.41) is 0. The van der Waals surface area contributed by atoms with E-state index in [0.29, 0.717) is 6.61 Å². The summed E-state index contributed by atoms with van der Waals surface area (Å²) in [7, 11) is -0.757. The van der Waals surface area contributed by atoms with Crippen molar-refractivity contribution in [2.75, 3.05) is 6.61 Å². The first-order chi connectivity index (χ1) is 8.24. The molecule has 17 heavy (non-hydrogen) atoms. The van der Waals surface area contributed by atoms with Gasteiger partial charge in [0.05, 0.1) is 0 Å². The van der Waals surface area contributed by atoms with Crippen molar-refractivity contribution in [1.82, 2.24) is 0 Å². The van der Waals surface area contributed by atoms with Crippen molar-refractivity contribution in [3.63, 3.8) is 0 Å². The molecule has 3 nitrogen and oxygen atoms in total. The fraction of sp³-hybridized carbons (Fsp3) is 0.769. The maximum Gasteiger partial charge on any atom is 0.330 e. The zero-order valence-corrected chi connectivity index (χ0v) is 12.7. The van der Waals surface area contributed by atoms with Crippen molar-refractivity contribution in [2.24, 2.45) is 0 Å². The van der Waals surface area contributed by atoms with Crippen molar-refractivity contribution in [2.45, 2.75) is 58.1 Å². The second-order valence-corrected chi connectivity index (χ2v) is 5.78. The predicted molar refractivity (Wildman–Crippen MR) is 73.6 cm³/mol. The van der Waals surface area contributed by atoms with E-state index in [-0.39, 0.29) is 11.7 Å². The monoisotopic (exact) mass is 258 g/mol. The second-order valence-electron chi connectivity index (χ2n) is 4.13. The van der Waals surface area contributed by atoms with Gasteiger partial charge in [0.1, 0.15) is 5.73 Å². The van der Waals surface area contributed by atoms with Gasteiger partial charge in [0.25, 0.3) is 0 Å². The van der Waals surface area contributed by atoms with Crippen molar-refractivity contribution >= 4 is 15.7 Å². The largest absolute Gasteiger partial charge is 0.461 e. The standard InChI is InChI=1S/C13H26O3Si/c1-4-7-8-9-10-11-13(17-15-6-3)16-12(14)5-2/h5,13H,2,4,6-11,17H2,1,3H3. The molecule has 0 aliphatic heterocycles. The van der Waals surface area contributed by atoms with Gasteiger partial charge in [-0.2, -0.15) is 0 Å². The highest BCUT2D eigenvalue weighted by atomic mass is 28.2. The topological polar surface area (TPSA) is 35.5 Å². The van der Waals surface area contributed by atoms with Gasteiger partial charge >= 0.3 is 5.97 Å². The Morgan fingerprint density at radius 1 is 1.29 bits per heavy atom. The van der Waals surface area contributed by atoms with Crippen LogP contribution in [0.1, 0.15) is 52.4 Å². The van der Waals surface area contributed by atoms with E-state index in [9.17, 15) is 4.79 Å². The number of unbranched alkanes of at least 4 members (excludes halogenated alkanes) is 4. The van der Waals surface area contributed by atoms with E-state index >= 15 is 0 Å². The molecule has 0 fully saturated rings. The molecule has 0 aromatic heterocycles. The lowest BCUT2D eigenvalue weighted by Crippen LogP contribution is -2.26. The molecule has 0 radical (unpaired) electrons. The maximum atomic E-state index is 11.1. The molecule has 1 unspecified atom stereocenters. The van der Waals surface area contributed by atoms with Crippen LogP contribution in [0, 0.1) is 0 Å². The first-order valence-electron chi connectivity index (χ1n) is 6.65. The zero-order valence-electron chi connectivity index (χ0n) is 11.2. The first kappa shape index (κ1) is 16.4. The quantitative estimate of drug-likeness (QED) is 0.247. The van der Waals surface area contributed by atoms with E-state index in [0.717, 1.165) is 12.8 Å². The molecule has 0 saturated carbocycles. The van der Waals surface area contributed by atoms with E-state index in [1.54, 1.807) is 0 Å². The normalized spacial score (nSPS) is 12.8. The summed E-state index contributed by atoms with van der Waals surface area (Å²) in [6.45, 7) is 8.31. The van der Waals surface area contributed by atoms with Crippen LogP contribution < -0.4 is 0 Å². The number of esters is 1. The number of hydrogen-bond donors (Lipinski definition) is 0. The van der Waals surface area contributed by atoms with Gasteiger partial charge in [-0.1, -0.05) is 45.6 Å². The number of carbonyl (C=O) groups is 1. The molecule has 0 N–H and O–H groups in total. The molecule has 0 bridgehead atoms. The first-order valence-corrected chi connectivity index (χ1v) is 8.04. The lowest BCUT2D eigenvalue weighted by Gasteiger charge is -2.16. The Morgan fingerprint density at radius 3 is 2.59 bits per heavy atom. The molecule has 0 aromatic rings. The van der Waals surface area contributed by atoms with Crippen molar-refractivity contribution in [1.29, 1.82) is 0 Å². The highest BCUT2D eigenvalue weighted by Crippen LogP contribution is 2.09. The molecule has 4 heteroatoms. The van der Waals surface area contributed by atoms with Crippen LogP contribution in [0.2, 0.25) is 0 Å². The van der Waals surface area contributed by atoms with E-state index in [1.165, 1.54) is 31.8 Å². The molecule has 100 valence electrons. The molecule has 0 heterocycles. The fourth-order valence-electron chi connectivity index (χ4n) is 1.61. The lowest BCUT2D eigenvalue weighted by molar-refractivity contribution is -0.140. The second kappa shape index (κ2) is 11.9. The van der Waals surface area contributed by atoms with Crippen LogP contribution in [0.5, 0.6) is 0 Å². The van der Waals surface area contributed by atoms with Crippen LogP contribution in [-0.4, -0.2) is 28.1 Å². The summed E-state index contributed by atoms with van der Waals surface area (Å²) in [6, 6.07) is 0. The van der Waals surface area contributed by atoms with Gasteiger partial charge in [0, 0.05) is 12.7 Å². The fourth-order valence-corrected chi connectivity index (χ4v) is 2.80. The van der Waals surface area contributed by atoms with Gasteiger partial charge in [-0.05, 0) is 13.3 Å². The summed E-state index contributed by atoms with van der Waals surface area (Å²) in [5.41, 5.74) is 0.0158. The van der Waals surface area contributed by atoms with Crippen molar-refractivity contribution < 1.29 is 14.0 Å². The number of carbonyl (C=O) groups excluding carboxylic acids is 1. The van der Waals surface area contributed by atoms with Crippen LogP contribution in [0.15, 0.2) is 12.7 Å². The van der Waals surface area contributed by atoms with E-state index in [1.807, 2.05) is 6.92 Å². The predicted octanol–water partition coefficient (Wildman–Crippen LogP) is 2.52. The Hall–Kier alpha value is -0.613. The van der Waals surface area contributed by atoms with Gasteiger partial charge in [0.2, 0.25) is 9.76 Å². The average Bonchev–Trinajstić information content (AvgIpc) is 2.35. The van der Waals surface area contributed by atoms with Gasteiger partial charge < -0.3 is 9.16 Å². The molecule has 1 atom stereocenters. The molecule has 0 saturated heterocycles. The zero-order chi connectivity index (χ0) is 12.9. The number of hydrogen-bond acceptors (Lipinski definition) is 3. The summed E-state index contributed by atoms with van der Waals surface area (Å²) in [5.74, 6) is -0.323. The van der Waals surface area contributed by atoms with E-state index in [2.05, 4.69) is 13.5 Å². The molecule has 0 spiro atoms. The third kappa shape index (κ3) is 10.3. The van der Waals surface area contributed by atoms with E-state index < -0.39 is 9.76 Å². The molecule has 0 aliphatic rings. The SMILES string of the molecule is C=CC(=O)OC(CCCCCCC)[SiH2]OCC. The number of rotatable bonds is 11. The van der Waals surface area contributed by atoms with Crippen LogP contribution in [0.3, 0.4) is 0 Å². The Kier molecular flexibility index (Phi) is 11.4. The molecular formula is C13H26O3Si. The minimum Gasteiger partial charge on any atom is -0.461 e. The summed E-state index contributed by atoms with van der Waals surface area (Å²) < 4.78 is 10.7. The van der Waals surface area contributed by atoms with Gasteiger partial charge in [0.15, 0.2) is 0 Å². The summed E-state index contributed by atoms with van der Waals surface area (Å²) in [6.07, 6.45) is 8.32. The smallest absolute Gasteiger partial charge is 0.330 e. The van der Waals surface area contributed by atoms with Crippen molar-refractivity contribution in [3.8, 4) is 0 Å². The third-order valence-electron chi connectivity index (χ3n) is 2.59. The van der Waals surface area contributed by atoms with Gasteiger partial charge in [-0.15, -0.1) is 0 Å². The van der Waals surface area contributed by atoms with Crippen LogP contribution in [-0.2, 0) is 14.0 Å². The lowest BCUT2D eigenvalue weighted by atomic mass is 10.1. The van der Waals surface area contributed by atoms with E-state index in [4.69, 9.17) is 9.16 Å². The Balaban J connectivity index is 3.76. The highest BCUT2D eigenvalue weighted by Gasteiger charge is 2.13. The minimum atomic E-state index is -0.757. The van der Waals surface area contributed by atoms with Crippen LogP contribution >= 0.6 is 0 Å². The molecule has 0 amide bonds. The van der Waals surface area contributed by atoms with Gasteiger partial charge in [-0.25, -0.2) is 4.79 Å². The molecule has 0 aliphatic carbocycles. The highest BCUT2D eigenvalue weighted by molar-refractivity contribution is 6.29. The van der Waals surface area contributed by atoms with Gasteiger partial charge in [-0.3, -0.25) is 0 Å². The molecule has 0 rings (SSSR count). The molecule has 0 aromatic carbocycles. The van der Waals surface area contributed by atoms with Crippen LogP contribution in [0.25, 0.3) is 0 Å². The summed E-state index contributed by atoms with van der Waals surface area (Å²) >= 11 is 0. The summed E-state index contributed by atoms with van der Waals surface area (Å²) in [4.78, 5) is 11.1. The minimum absolute atomic E-state index is 0.0158. The average molecular weight is 258 g/mol. The Labute approximate surface area is 108 Å². The third-order valence-corrected chi connectivity index (χ3v) is 4.18. The molecular weight excluding hydrogens is 232 g/mol. The number of ether oxygens (including phenoxy) is 1. The Bertz CT molecular complexity index is 207. The van der Waals surface area contributed by atoms with Crippen molar-refractivity contribution in [3.05, 3.63) is 12.7 Å². The Morgan fingerprint density at radius 2 is 2.00 bits per heavy atom. The maximum absolute atomic E-state index is 11.1. The van der Waals surface area contributed by atoms with Crippen LogP contribution in [0.4, 0.5) is 0 Å².